The number of hydrogen-bond donors (Lipinski definition) is 3. The fraction of sp³-hybridized carbons (Fsp3) is 0.364. The molecular weight excluding hydrogens is 576 g/mol. The van der Waals surface area contributed by atoms with Crippen LogP contribution in [-0.2, 0) is 13.2 Å². The molecule has 0 spiro atoms. The molecule has 0 aromatic carbocycles. The van der Waals surface area contributed by atoms with Gasteiger partial charge in [0.15, 0.2) is 0 Å². The molecule has 1 aliphatic rings. The average molecular weight is 598 g/mol. The summed E-state index contributed by atoms with van der Waals surface area (Å²) in [4.78, 5) is 23.5. The quantitative estimate of drug-likeness (QED) is 0.287. The Labute approximate surface area is 215 Å². The topological polar surface area (TPSA) is 136 Å². The smallest absolute Gasteiger partial charge is 0.363 e. The molecule has 0 aliphatic heterocycles. The molecule has 13 heteroatoms. The van der Waals surface area contributed by atoms with Crippen LogP contribution < -0.4 is 10.9 Å². The second-order valence-electron chi connectivity index (χ2n) is 8.21. The van der Waals surface area contributed by atoms with Crippen molar-refractivity contribution in [3.63, 3.8) is 0 Å². The molecule has 0 bridgehead atoms. The highest BCUT2D eigenvalue weighted by Gasteiger charge is 2.37. The van der Waals surface area contributed by atoms with E-state index in [9.17, 15) is 23.2 Å². The Morgan fingerprint density at radius 1 is 1.31 bits per heavy atom. The minimum absolute atomic E-state index is 0. The van der Waals surface area contributed by atoms with Gasteiger partial charge in [-0.25, -0.2) is 4.98 Å². The normalized spacial score (nSPS) is 18.1. The number of H-pyrrole nitrogens is 1. The first-order chi connectivity index (χ1) is 16.1. The predicted octanol–water partition coefficient (Wildman–Crippen LogP) is 4.26. The van der Waals surface area contributed by atoms with Crippen molar-refractivity contribution in [2.75, 3.05) is 5.32 Å². The van der Waals surface area contributed by atoms with E-state index in [-0.39, 0.29) is 47.2 Å². The zero-order chi connectivity index (χ0) is 24.6. The van der Waals surface area contributed by atoms with Crippen LogP contribution in [0, 0.1) is 16.7 Å². The molecule has 3 aromatic rings. The molecule has 0 amide bonds. The molecule has 9 nitrogen and oxygen atoms in total. The van der Waals surface area contributed by atoms with Gasteiger partial charge in [-0.15, -0.1) is 24.0 Å². The van der Waals surface area contributed by atoms with E-state index in [0.29, 0.717) is 11.4 Å². The number of nitriles is 1. The van der Waals surface area contributed by atoms with Crippen molar-refractivity contribution in [1.82, 2.24) is 24.7 Å². The number of alkyl halides is 3. The van der Waals surface area contributed by atoms with Crippen LogP contribution >= 0.6 is 24.0 Å². The number of pyridine rings is 1. The standard InChI is InChI=1S/C22H21F3N8O.HI/c1-11(12-3-6-17(28-10-12)22(23,24)25)29-20-18(15(27)9-26)21(34)31-19(30-20)14-5-4-13(14)16-7-8-33(2)32-16;/h3,6-8,10-11,13-14,27H,4-5H2,1-2H3,(H2,29,30,31,34);1H/t11-,13?,14?;/m0./s1. The summed E-state index contributed by atoms with van der Waals surface area (Å²) in [5, 5.41) is 24.5. The maximum atomic E-state index is 12.8. The number of aromatic nitrogens is 5. The van der Waals surface area contributed by atoms with Crippen molar-refractivity contribution < 1.29 is 13.2 Å². The number of hydrogen-bond acceptors (Lipinski definition) is 7. The van der Waals surface area contributed by atoms with Gasteiger partial charge < -0.3 is 10.3 Å². The lowest BCUT2D eigenvalue weighted by molar-refractivity contribution is -0.141. The van der Waals surface area contributed by atoms with Gasteiger partial charge in [0.25, 0.3) is 5.56 Å². The molecule has 0 radical (unpaired) electrons. The van der Waals surface area contributed by atoms with Crippen molar-refractivity contribution in [3.8, 4) is 6.07 Å². The molecule has 1 aliphatic carbocycles. The Hall–Kier alpha value is -3.28. The van der Waals surface area contributed by atoms with Gasteiger partial charge >= 0.3 is 6.18 Å². The lowest BCUT2D eigenvalue weighted by atomic mass is 9.71. The van der Waals surface area contributed by atoms with Crippen LogP contribution in [0.4, 0.5) is 19.0 Å². The number of aromatic amines is 1. The first-order valence-corrected chi connectivity index (χ1v) is 10.5. The van der Waals surface area contributed by atoms with Gasteiger partial charge in [-0.3, -0.25) is 19.9 Å². The van der Waals surface area contributed by atoms with E-state index in [4.69, 9.17) is 5.41 Å². The van der Waals surface area contributed by atoms with Crippen LogP contribution in [0.3, 0.4) is 0 Å². The molecule has 4 rings (SSSR count). The van der Waals surface area contributed by atoms with E-state index >= 15 is 0 Å². The summed E-state index contributed by atoms with van der Waals surface area (Å²) < 4.78 is 40.2. The minimum Gasteiger partial charge on any atom is -0.363 e. The Morgan fingerprint density at radius 2 is 2.03 bits per heavy atom. The molecule has 1 saturated carbocycles. The third-order valence-electron chi connectivity index (χ3n) is 5.97. The zero-order valence-corrected chi connectivity index (χ0v) is 21.0. The molecular formula is C22H22F3IN8O. The van der Waals surface area contributed by atoms with E-state index in [2.05, 4.69) is 25.4 Å². The highest BCUT2D eigenvalue weighted by Crippen LogP contribution is 2.47. The number of nitrogens with one attached hydrogen (secondary N) is 3. The van der Waals surface area contributed by atoms with Crippen molar-refractivity contribution in [1.29, 1.82) is 10.7 Å². The first kappa shape index (κ1) is 26.3. The van der Waals surface area contributed by atoms with Gasteiger partial charge in [0.1, 0.15) is 34.7 Å². The van der Waals surface area contributed by atoms with Gasteiger partial charge in [0.2, 0.25) is 0 Å². The Kier molecular flexibility index (Phi) is 7.63. The average Bonchev–Trinajstić information content (AvgIpc) is 3.17. The van der Waals surface area contributed by atoms with Crippen molar-refractivity contribution in [2.45, 2.75) is 43.8 Å². The highest BCUT2D eigenvalue weighted by molar-refractivity contribution is 14.0. The number of rotatable bonds is 6. The molecule has 3 N–H and O–H groups in total. The van der Waals surface area contributed by atoms with Gasteiger partial charge in [-0.1, -0.05) is 6.07 Å². The third-order valence-corrected chi connectivity index (χ3v) is 5.97. The van der Waals surface area contributed by atoms with E-state index in [1.807, 2.05) is 19.3 Å². The lowest BCUT2D eigenvalue weighted by Gasteiger charge is -2.34. The number of halogens is 4. The SMILES string of the molecule is C[C@H](Nc1nc(C2CCC2c2ccn(C)n2)[nH]c(=O)c1C(=N)C#N)c1ccc(C(F)(F)F)nc1.I. The van der Waals surface area contributed by atoms with E-state index in [0.717, 1.165) is 30.8 Å². The second kappa shape index (κ2) is 10.1. The molecule has 3 heterocycles. The van der Waals surface area contributed by atoms with Crippen molar-refractivity contribution in [3.05, 3.63) is 69.3 Å². The monoisotopic (exact) mass is 598 g/mol. The lowest BCUT2D eigenvalue weighted by Crippen LogP contribution is -2.30. The summed E-state index contributed by atoms with van der Waals surface area (Å²) in [6, 6.07) is 5.10. The van der Waals surface area contributed by atoms with E-state index in [1.165, 1.54) is 6.07 Å². The minimum atomic E-state index is -4.56. The van der Waals surface area contributed by atoms with Gasteiger partial charge in [-0.05, 0) is 37.5 Å². The zero-order valence-electron chi connectivity index (χ0n) is 18.7. The highest BCUT2D eigenvalue weighted by atomic mass is 127. The molecule has 0 saturated heterocycles. The molecule has 184 valence electrons. The van der Waals surface area contributed by atoms with Crippen LogP contribution in [0.25, 0.3) is 0 Å². The van der Waals surface area contributed by atoms with E-state index < -0.39 is 29.2 Å². The maximum absolute atomic E-state index is 12.8. The summed E-state index contributed by atoms with van der Waals surface area (Å²) >= 11 is 0. The molecule has 3 aromatic heterocycles. The Balaban J connectivity index is 0.00000342. The fourth-order valence-corrected chi connectivity index (χ4v) is 3.99. The third kappa shape index (κ3) is 5.37. The molecule has 2 unspecified atom stereocenters. The largest absolute Gasteiger partial charge is 0.433 e. The van der Waals surface area contributed by atoms with Crippen LogP contribution in [0.1, 0.15) is 66.0 Å². The summed E-state index contributed by atoms with van der Waals surface area (Å²) in [6.45, 7) is 1.66. The summed E-state index contributed by atoms with van der Waals surface area (Å²) in [6.07, 6.45) is 0.0207. The number of nitrogens with zero attached hydrogens (tertiary/aromatic N) is 5. The summed E-state index contributed by atoms with van der Waals surface area (Å²) in [5.41, 5.74) is -1.15. The molecule has 1 fully saturated rings. The van der Waals surface area contributed by atoms with Gasteiger partial charge in [0.05, 0.1) is 11.7 Å². The number of anilines is 1. The Morgan fingerprint density at radius 3 is 2.54 bits per heavy atom. The molecule has 3 atom stereocenters. The van der Waals surface area contributed by atoms with Gasteiger partial charge in [-0.2, -0.15) is 23.5 Å². The van der Waals surface area contributed by atoms with Crippen LogP contribution in [0.5, 0.6) is 0 Å². The fourth-order valence-electron chi connectivity index (χ4n) is 3.99. The van der Waals surface area contributed by atoms with Gasteiger partial charge in [0, 0.05) is 31.3 Å². The Bertz CT molecular complexity index is 1330. The molecule has 35 heavy (non-hydrogen) atoms. The van der Waals surface area contributed by atoms with E-state index in [1.54, 1.807) is 17.7 Å². The summed E-state index contributed by atoms with van der Waals surface area (Å²) in [7, 11) is 1.82. The maximum Gasteiger partial charge on any atom is 0.433 e. The van der Waals surface area contributed by atoms with Crippen LogP contribution in [0.15, 0.2) is 35.4 Å². The predicted molar refractivity (Wildman–Crippen MR) is 132 cm³/mol. The number of aryl methyl sites for hydroxylation is 1. The van der Waals surface area contributed by atoms with Crippen molar-refractivity contribution >= 4 is 35.5 Å². The summed E-state index contributed by atoms with van der Waals surface area (Å²) in [5.74, 6) is 0.387. The van der Waals surface area contributed by atoms with Crippen molar-refractivity contribution in [2.24, 2.45) is 7.05 Å². The van der Waals surface area contributed by atoms with Crippen LogP contribution in [0.2, 0.25) is 0 Å². The first-order valence-electron chi connectivity index (χ1n) is 10.5. The second-order valence-corrected chi connectivity index (χ2v) is 8.21. The van der Waals surface area contributed by atoms with Crippen LogP contribution in [-0.4, -0.2) is 30.4 Å².